The molecule has 2 aliphatic carbocycles. The number of rotatable bonds is 7. The molecule has 3 aromatic carbocycles. The van der Waals surface area contributed by atoms with E-state index in [1.807, 2.05) is 18.2 Å². The number of alkyl halides is 3. The van der Waals surface area contributed by atoms with E-state index in [9.17, 15) is 28.1 Å². The normalized spacial score (nSPS) is 13.9. The Labute approximate surface area is 264 Å². The highest BCUT2D eigenvalue weighted by molar-refractivity contribution is 7.99. The van der Waals surface area contributed by atoms with Crippen LogP contribution in [0.4, 0.5) is 24.5 Å². The van der Waals surface area contributed by atoms with Crippen molar-refractivity contribution in [2.45, 2.75) is 49.9 Å². The van der Waals surface area contributed by atoms with Crippen LogP contribution in [0.1, 0.15) is 41.0 Å². The van der Waals surface area contributed by atoms with E-state index in [0.29, 0.717) is 17.7 Å². The zero-order valence-electron chi connectivity index (χ0n) is 24.1. The summed E-state index contributed by atoms with van der Waals surface area (Å²) in [6, 6.07) is 16.4. The third-order valence-corrected chi connectivity index (χ3v) is 8.90. The summed E-state index contributed by atoms with van der Waals surface area (Å²) in [7, 11) is 0. The number of nitro groups is 1. The maximum Gasteiger partial charge on any atom is 0.433 e. The zero-order valence-corrected chi connectivity index (χ0v) is 25.0. The van der Waals surface area contributed by atoms with Crippen LogP contribution in [0.2, 0.25) is 0 Å². The van der Waals surface area contributed by atoms with Crippen molar-refractivity contribution in [2.75, 3.05) is 11.1 Å². The number of aromatic nitrogens is 2. The minimum Gasteiger partial charge on any atom is -0.461 e. The average molecular weight is 647 g/mol. The fourth-order valence-electron chi connectivity index (χ4n) is 6.04. The molecule has 0 fully saturated rings. The van der Waals surface area contributed by atoms with Crippen LogP contribution in [0.15, 0.2) is 70.2 Å². The molecule has 234 valence electrons. The Morgan fingerprint density at radius 1 is 0.978 bits per heavy atom. The number of amides is 1. The van der Waals surface area contributed by atoms with E-state index >= 15 is 0 Å². The number of ether oxygens (including phenoxy) is 1. The van der Waals surface area contributed by atoms with Gasteiger partial charge in [-0.25, -0.2) is 9.97 Å². The molecule has 0 atom stereocenters. The molecule has 0 radical (unpaired) electrons. The van der Waals surface area contributed by atoms with Crippen molar-refractivity contribution in [2.24, 2.45) is 0 Å². The first-order valence-electron chi connectivity index (χ1n) is 14.6. The van der Waals surface area contributed by atoms with Gasteiger partial charge in [0.05, 0.1) is 28.1 Å². The second-order valence-electron chi connectivity index (χ2n) is 11.1. The molecule has 1 amide bonds. The third kappa shape index (κ3) is 5.89. The van der Waals surface area contributed by atoms with Gasteiger partial charge in [-0.05, 0) is 55.9 Å². The Bertz CT molecular complexity index is 2030. The van der Waals surface area contributed by atoms with Crippen molar-refractivity contribution in [3.63, 3.8) is 0 Å². The molecule has 7 rings (SSSR count). The van der Waals surface area contributed by atoms with Crippen LogP contribution in [0.5, 0.6) is 11.5 Å². The number of carbonyl (C=O) groups excluding carboxylic acids is 1. The Kier molecular flexibility index (Phi) is 7.63. The maximum absolute atomic E-state index is 14.0. The van der Waals surface area contributed by atoms with Gasteiger partial charge in [0, 0.05) is 40.6 Å². The summed E-state index contributed by atoms with van der Waals surface area (Å²) in [4.78, 5) is 32.2. The number of anilines is 1. The van der Waals surface area contributed by atoms with Gasteiger partial charge in [0.1, 0.15) is 22.8 Å². The predicted molar refractivity (Wildman–Crippen MR) is 165 cm³/mol. The standard InChI is InChI=1S/C33H25F3N4O5S/c34-33(35,36)31-25-11-9-18-5-1-2-6-23(18)30(25)38-32(39-31)46-17-29(41)37-19-13-20(40(42)43)15-22(14-19)44-21-10-12-28-26(16-21)24-7-3-4-8-27(24)45-28/h1-2,5-6,10,12-16H,3-4,7-9,11,17H2,(H,37,41). The average Bonchev–Trinajstić information content (AvgIpc) is 3.41. The Morgan fingerprint density at radius 3 is 2.63 bits per heavy atom. The number of hydrogen-bond donors (Lipinski definition) is 1. The third-order valence-electron chi connectivity index (χ3n) is 8.05. The van der Waals surface area contributed by atoms with E-state index in [1.54, 1.807) is 24.3 Å². The van der Waals surface area contributed by atoms with Crippen molar-refractivity contribution in [1.82, 2.24) is 9.97 Å². The number of non-ortho nitro benzene ring substituents is 1. The number of thioether (sulfide) groups is 1. The predicted octanol–water partition coefficient (Wildman–Crippen LogP) is 8.32. The molecule has 5 aromatic rings. The van der Waals surface area contributed by atoms with E-state index < -0.39 is 22.7 Å². The smallest absolute Gasteiger partial charge is 0.433 e. The highest BCUT2D eigenvalue weighted by atomic mass is 32.2. The number of nitrogens with one attached hydrogen (secondary N) is 1. The summed E-state index contributed by atoms with van der Waals surface area (Å²) in [6.07, 6.45) is -0.186. The molecule has 0 aliphatic heterocycles. The van der Waals surface area contributed by atoms with Gasteiger partial charge in [0.2, 0.25) is 5.91 Å². The number of furan rings is 1. The molecule has 9 nitrogen and oxygen atoms in total. The summed E-state index contributed by atoms with van der Waals surface area (Å²) in [6.45, 7) is 0. The van der Waals surface area contributed by atoms with Crippen molar-refractivity contribution in [3.05, 3.63) is 98.9 Å². The van der Waals surface area contributed by atoms with Gasteiger partial charge in [-0.1, -0.05) is 36.0 Å². The maximum atomic E-state index is 14.0. The van der Waals surface area contributed by atoms with Gasteiger partial charge in [0.25, 0.3) is 5.69 Å². The summed E-state index contributed by atoms with van der Waals surface area (Å²) < 4.78 is 54.0. The monoisotopic (exact) mass is 646 g/mol. The molecule has 0 spiro atoms. The highest BCUT2D eigenvalue weighted by Crippen LogP contribution is 2.41. The second-order valence-corrected chi connectivity index (χ2v) is 12.1. The molecule has 1 N–H and O–H groups in total. The lowest BCUT2D eigenvalue weighted by molar-refractivity contribution is -0.384. The molecule has 46 heavy (non-hydrogen) atoms. The minimum absolute atomic E-state index is 0.0379. The van der Waals surface area contributed by atoms with Crippen LogP contribution in [0.25, 0.3) is 22.2 Å². The van der Waals surface area contributed by atoms with Gasteiger partial charge in [0.15, 0.2) is 10.9 Å². The quantitative estimate of drug-likeness (QED) is 0.0811. The van der Waals surface area contributed by atoms with Gasteiger partial charge in [-0.15, -0.1) is 0 Å². The molecule has 2 aliphatic rings. The number of fused-ring (bicyclic) bond motifs is 6. The molecular weight excluding hydrogens is 621 g/mol. The van der Waals surface area contributed by atoms with E-state index in [-0.39, 0.29) is 45.7 Å². The topological polar surface area (TPSA) is 120 Å². The van der Waals surface area contributed by atoms with Crippen LogP contribution in [-0.2, 0) is 36.7 Å². The largest absolute Gasteiger partial charge is 0.461 e. The first kappa shape index (κ1) is 29.8. The number of halogens is 3. The van der Waals surface area contributed by atoms with Crippen LogP contribution in [0.3, 0.4) is 0 Å². The van der Waals surface area contributed by atoms with Crippen LogP contribution in [0, 0.1) is 10.1 Å². The second kappa shape index (κ2) is 11.8. The van der Waals surface area contributed by atoms with Crippen molar-refractivity contribution < 1.29 is 32.0 Å². The van der Waals surface area contributed by atoms with Gasteiger partial charge in [-0.2, -0.15) is 13.2 Å². The minimum atomic E-state index is -4.70. The molecule has 2 heterocycles. The van der Waals surface area contributed by atoms with Crippen molar-refractivity contribution in [1.29, 1.82) is 0 Å². The summed E-state index contributed by atoms with van der Waals surface area (Å²) in [5.41, 5.74) is 2.41. The molecule has 0 unspecified atom stereocenters. The SMILES string of the molecule is O=C(CSc1nc2c(c(C(F)(F)F)n1)CCc1ccccc1-2)Nc1cc(Oc2ccc3oc4c(c3c2)CCCC4)cc([N+](=O)[O-])c1. The van der Waals surface area contributed by atoms with Crippen LogP contribution < -0.4 is 10.1 Å². The van der Waals surface area contributed by atoms with E-state index in [2.05, 4.69) is 15.3 Å². The summed E-state index contributed by atoms with van der Waals surface area (Å²) in [5, 5.41) is 15.0. The highest BCUT2D eigenvalue weighted by Gasteiger charge is 2.39. The van der Waals surface area contributed by atoms with Crippen molar-refractivity contribution >= 4 is 40.0 Å². The molecule has 0 saturated carbocycles. The fourth-order valence-corrected chi connectivity index (χ4v) is 6.68. The number of nitrogens with zero attached hydrogens (tertiary/aromatic N) is 3. The Morgan fingerprint density at radius 2 is 1.80 bits per heavy atom. The number of aryl methyl sites for hydroxylation is 3. The van der Waals surface area contributed by atoms with Gasteiger partial charge in [-0.3, -0.25) is 14.9 Å². The first-order valence-corrected chi connectivity index (χ1v) is 15.6. The van der Waals surface area contributed by atoms with E-state index in [1.165, 1.54) is 18.2 Å². The molecule has 0 saturated heterocycles. The number of hydrogen-bond acceptors (Lipinski definition) is 8. The van der Waals surface area contributed by atoms with Gasteiger partial charge < -0.3 is 14.5 Å². The molecule has 0 bridgehead atoms. The Balaban J connectivity index is 1.10. The molecule has 13 heteroatoms. The van der Waals surface area contributed by atoms with Crippen LogP contribution >= 0.6 is 11.8 Å². The van der Waals surface area contributed by atoms with E-state index in [0.717, 1.165) is 65.3 Å². The lowest BCUT2D eigenvalue weighted by Gasteiger charge is -2.22. The first-order chi connectivity index (χ1) is 22.1. The fraction of sp³-hybridized carbons (Fsp3) is 0.242. The zero-order chi connectivity index (χ0) is 32.0. The summed E-state index contributed by atoms with van der Waals surface area (Å²) >= 11 is 0.748. The molecule has 2 aromatic heterocycles. The lowest BCUT2D eigenvalue weighted by atomic mass is 9.88. The van der Waals surface area contributed by atoms with E-state index in [4.69, 9.17) is 9.15 Å². The van der Waals surface area contributed by atoms with Crippen LogP contribution in [-0.4, -0.2) is 26.6 Å². The Hall–Kier alpha value is -4.91. The number of benzene rings is 3. The molecular formula is C33H25F3N4O5S. The van der Waals surface area contributed by atoms with Gasteiger partial charge >= 0.3 is 6.18 Å². The van der Waals surface area contributed by atoms with Crippen molar-refractivity contribution in [3.8, 4) is 22.8 Å². The number of nitro benzene ring substituents is 1. The summed E-state index contributed by atoms with van der Waals surface area (Å²) in [5.74, 6) is 0.593. The number of carbonyl (C=O) groups is 1. The lowest BCUT2D eigenvalue weighted by Crippen LogP contribution is -2.19.